The number of benzene rings is 1. The van der Waals surface area contributed by atoms with Crippen LogP contribution in [0.4, 0.5) is 0 Å². The highest BCUT2D eigenvalue weighted by Gasteiger charge is 2.14. The Hall–Kier alpha value is -1.31. The van der Waals surface area contributed by atoms with E-state index in [1.54, 1.807) is 0 Å². The summed E-state index contributed by atoms with van der Waals surface area (Å²) in [4.78, 5) is 0. The van der Waals surface area contributed by atoms with E-state index in [4.69, 9.17) is 15.3 Å². The van der Waals surface area contributed by atoms with Gasteiger partial charge in [-0.05, 0) is 17.2 Å². The highest BCUT2D eigenvalue weighted by atomic mass is 16.4. The van der Waals surface area contributed by atoms with Crippen molar-refractivity contribution in [1.29, 1.82) is 5.26 Å². The third-order valence-electron chi connectivity index (χ3n) is 1.45. The molecule has 0 aromatic heterocycles. The summed E-state index contributed by atoms with van der Waals surface area (Å²) in [5.41, 5.74) is 3.22. The summed E-state index contributed by atoms with van der Waals surface area (Å²) in [5.74, 6) is 0. The molecular weight excluding hydrogens is 141 g/mol. The molecule has 0 heterocycles. The molecule has 0 unspecified atom stereocenters. The van der Waals surface area contributed by atoms with Crippen LogP contribution in [0, 0.1) is 11.3 Å². The summed E-state index contributed by atoms with van der Waals surface area (Å²) in [6, 6.07) is 7.96. The number of nitrogens with zero attached hydrogens (tertiary/aromatic N) is 1. The van der Waals surface area contributed by atoms with E-state index >= 15 is 0 Å². The molecule has 0 atom stereocenters. The van der Waals surface area contributed by atoms with Crippen LogP contribution in [0.5, 0.6) is 0 Å². The summed E-state index contributed by atoms with van der Waals surface area (Å²) in [7, 11) is 0. The van der Waals surface area contributed by atoms with Crippen LogP contribution in [-0.4, -0.2) is 17.7 Å². The average Bonchev–Trinajstić information content (AvgIpc) is 1.96. The van der Waals surface area contributed by atoms with Crippen LogP contribution in [0.1, 0.15) is 5.56 Å². The molecule has 3 nitrogen and oxygen atoms in total. The fourth-order valence-electron chi connectivity index (χ4n) is 0.882. The van der Waals surface area contributed by atoms with Gasteiger partial charge in [-0.3, -0.25) is 0 Å². The van der Waals surface area contributed by atoms with E-state index in [1.807, 2.05) is 18.2 Å². The van der Waals surface area contributed by atoms with Crippen molar-refractivity contribution in [3.63, 3.8) is 0 Å². The van der Waals surface area contributed by atoms with Gasteiger partial charge in [0.15, 0.2) is 0 Å². The lowest BCUT2D eigenvalue weighted by atomic mass is 9.88. The van der Waals surface area contributed by atoms with E-state index < -0.39 is 0 Å². The Labute approximate surface area is 64.8 Å². The SMILES string of the molecule is N#Cc1cc2ccc1-2.O[B]O. The lowest BCUT2D eigenvalue weighted by Crippen LogP contribution is -1.94. The van der Waals surface area contributed by atoms with Crippen LogP contribution in [0.25, 0.3) is 11.1 Å². The molecule has 2 N–H and O–H groups in total. The summed E-state index contributed by atoms with van der Waals surface area (Å²) >= 11 is 0. The van der Waals surface area contributed by atoms with E-state index in [0.717, 1.165) is 11.1 Å². The summed E-state index contributed by atoms with van der Waals surface area (Å²) in [6.07, 6.45) is 0. The van der Waals surface area contributed by atoms with Gasteiger partial charge in [-0.1, -0.05) is 12.1 Å². The van der Waals surface area contributed by atoms with Crippen LogP contribution in [0.3, 0.4) is 0 Å². The van der Waals surface area contributed by atoms with Crippen LogP contribution < -0.4 is 0 Å². The van der Waals surface area contributed by atoms with Gasteiger partial charge in [0, 0.05) is 0 Å². The molecule has 53 valence electrons. The molecule has 0 aromatic rings. The molecule has 2 aliphatic rings. The van der Waals surface area contributed by atoms with Gasteiger partial charge in [0.25, 0.3) is 0 Å². The molecule has 0 aromatic carbocycles. The van der Waals surface area contributed by atoms with Gasteiger partial charge < -0.3 is 10.0 Å². The topological polar surface area (TPSA) is 64.2 Å². The Morgan fingerprint density at radius 2 is 2.00 bits per heavy atom. The maximum absolute atomic E-state index is 8.32. The first-order valence-corrected chi connectivity index (χ1v) is 2.98. The van der Waals surface area contributed by atoms with E-state index in [9.17, 15) is 0 Å². The lowest BCUT2D eigenvalue weighted by molar-refractivity contribution is 0.448. The van der Waals surface area contributed by atoms with Crippen LogP contribution in [-0.2, 0) is 0 Å². The largest absolute Gasteiger partial charge is 0.482 e. The zero-order valence-electron chi connectivity index (χ0n) is 5.65. The number of rotatable bonds is 0. The Balaban J connectivity index is 0.000000179. The molecule has 2 aliphatic carbocycles. The quantitative estimate of drug-likeness (QED) is 0.515. The number of hydrogen-bond donors (Lipinski definition) is 2. The standard InChI is InChI=1S/C7H3N.BH2O2/c8-4-6-3-5-1-2-7(5)6;2-1-3/h1-3H;2-3H. The lowest BCUT2D eigenvalue weighted by Gasteiger charge is -2.14. The van der Waals surface area contributed by atoms with E-state index in [-0.39, 0.29) is 7.69 Å². The molecule has 4 heteroatoms. The van der Waals surface area contributed by atoms with Crippen molar-refractivity contribution < 1.29 is 10.0 Å². The number of fused-ring (bicyclic) bond motifs is 1. The first kappa shape index (κ1) is 7.80. The molecule has 0 spiro atoms. The van der Waals surface area contributed by atoms with Gasteiger partial charge in [-0.15, -0.1) is 0 Å². The average molecular weight is 146 g/mol. The molecule has 0 fully saturated rings. The second kappa shape index (κ2) is 3.19. The minimum Gasteiger partial charge on any atom is -0.429 e. The smallest absolute Gasteiger partial charge is 0.429 e. The summed E-state index contributed by atoms with van der Waals surface area (Å²) in [6.45, 7) is 0. The molecular formula is C7H5BNO2. The van der Waals surface area contributed by atoms with Crippen LogP contribution in [0.2, 0.25) is 0 Å². The first-order valence-electron chi connectivity index (χ1n) is 2.98. The molecule has 0 bridgehead atoms. The Morgan fingerprint density at radius 3 is 2.09 bits per heavy atom. The van der Waals surface area contributed by atoms with Crippen molar-refractivity contribution >= 4 is 7.69 Å². The molecule has 0 amide bonds. The van der Waals surface area contributed by atoms with E-state index in [0.29, 0.717) is 0 Å². The Morgan fingerprint density at radius 1 is 1.36 bits per heavy atom. The van der Waals surface area contributed by atoms with Gasteiger partial charge in [-0.2, -0.15) is 5.26 Å². The maximum atomic E-state index is 8.32. The molecule has 0 saturated carbocycles. The zero-order valence-corrected chi connectivity index (χ0v) is 5.65. The van der Waals surface area contributed by atoms with Crippen molar-refractivity contribution in [3.8, 4) is 17.2 Å². The first-order chi connectivity index (χ1) is 5.33. The van der Waals surface area contributed by atoms with Crippen molar-refractivity contribution in [2.75, 3.05) is 0 Å². The van der Waals surface area contributed by atoms with E-state index in [2.05, 4.69) is 6.07 Å². The Bertz CT molecular complexity index is 306. The molecule has 1 radical (unpaired) electrons. The fourth-order valence-corrected chi connectivity index (χ4v) is 0.882. The van der Waals surface area contributed by atoms with Gasteiger partial charge in [0.1, 0.15) is 0 Å². The van der Waals surface area contributed by atoms with Crippen LogP contribution >= 0.6 is 0 Å². The molecule has 0 aliphatic heterocycles. The third kappa shape index (κ3) is 1.24. The van der Waals surface area contributed by atoms with Crippen molar-refractivity contribution in [2.45, 2.75) is 0 Å². The number of nitriles is 1. The zero-order chi connectivity index (χ0) is 8.27. The summed E-state index contributed by atoms with van der Waals surface area (Å²) in [5, 5.41) is 22.3. The third-order valence-corrected chi connectivity index (χ3v) is 1.45. The highest BCUT2D eigenvalue weighted by molar-refractivity contribution is 6.13. The fraction of sp³-hybridized carbons (Fsp3) is 0. The predicted molar refractivity (Wildman–Crippen MR) is 40.3 cm³/mol. The minimum absolute atomic E-state index is 0. The normalized spacial score (nSPS) is 8.82. The van der Waals surface area contributed by atoms with Crippen molar-refractivity contribution in [2.24, 2.45) is 0 Å². The van der Waals surface area contributed by atoms with Gasteiger partial charge in [0.2, 0.25) is 0 Å². The van der Waals surface area contributed by atoms with Crippen molar-refractivity contribution in [1.82, 2.24) is 0 Å². The van der Waals surface area contributed by atoms with Crippen LogP contribution in [0.15, 0.2) is 18.2 Å². The summed E-state index contributed by atoms with van der Waals surface area (Å²) < 4.78 is 0. The molecule has 11 heavy (non-hydrogen) atoms. The molecule has 0 saturated heterocycles. The van der Waals surface area contributed by atoms with Gasteiger partial charge in [-0.25, -0.2) is 0 Å². The molecule has 2 rings (SSSR count). The second-order valence-corrected chi connectivity index (χ2v) is 1.99. The Kier molecular flexibility index (Phi) is 2.26. The second-order valence-electron chi connectivity index (χ2n) is 1.99. The number of hydrogen-bond acceptors (Lipinski definition) is 3. The van der Waals surface area contributed by atoms with Gasteiger partial charge in [0.05, 0.1) is 11.6 Å². The van der Waals surface area contributed by atoms with Crippen molar-refractivity contribution in [3.05, 3.63) is 23.8 Å². The van der Waals surface area contributed by atoms with Gasteiger partial charge >= 0.3 is 7.69 Å². The monoisotopic (exact) mass is 146 g/mol. The maximum Gasteiger partial charge on any atom is 0.482 e. The highest BCUT2D eigenvalue weighted by Crippen LogP contribution is 2.35. The predicted octanol–water partition coefficient (Wildman–Crippen LogP) is 0.0439. The minimum atomic E-state index is 0. The van der Waals surface area contributed by atoms with E-state index in [1.165, 1.54) is 5.56 Å².